The van der Waals surface area contributed by atoms with Crippen LogP contribution in [0, 0.1) is 0 Å². The van der Waals surface area contributed by atoms with Gasteiger partial charge in [-0.15, -0.1) is 0 Å². The number of hydrogen-bond donors (Lipinski definition) is 0. The topological polar surface area (TPSA) is 50.3 Å². The summed E-state index contributed by atoms with van der Waals surface area (Å²) in [6.45, 7) is 0. The van der Waals surface area contributed by atoms with Gasteiger partial charge in [-0.1, -0.05) is 89.9 Å². The van der Waals surface area contributed by atoms with Crippen LogP contribution in [0.15, 0.2) is 90.1 Å². The van der Waals surface area contributed by atoms with Crippen LogP contribution < -0.4 is 4.90 Å². The van der Waals surface area contributed by atoms with Crippen molar-refractivity contribution in [2.24, 2.45) is 0 Å². The Hall–Kier alpha value is -2.95. The number of anilines is 1. The SMILES string of the molecule is O=C1C(Cl)=C(c2ccccc2)N(c2ccccn2)C(=O)C1(Cl)c1ccccc1. The van der Waals surface area contributed by atoms with Crippen molar-refractivity contribution in [2.75, 3.05) is 4.90 Å². The van der Waals surface area contributed by atoms with Gasteiger partial charge in [-0.2, -0.15) is 0 Å². The van der Waals surface area contributed by atoms with Crippen molar-refractivity contribution in [3.8, 4) is 0 Å². The van der Waals surface area contributed by atoms with Crippen LogP contribution in [0.5, 0.6) is 0 Å². The minimum Gasteiger partial charge on any atom is -0.290 e. The van der Waals surface area contributed by atoms with Gasteiger partial charge in [-0.25, -0.2) is 4.98 Å². The van der Waals surface area contributed by atoms with Crippen molar-refractivity contribution >= 4 is 46.4 Å². The standard InChI is InChI=1S/C22H14Cl2N2O2/c23-18-19(15-9-3-1-4-10-15)26(17-13-7-8-14-25-17)21(28)22(24,20(18)27)16-11-5-2-6-12-16/h1-14H. The number of carbonyl (C=O) groups is 2. The molecule has 0 saturated heterocycles. The first-order valence-electron chi connectivity index (χ1n) is 8.55. The van der Waals surface area contributed by atoms with Gasteiger partial charge in [0.25, 0.3) is 5.91 Å². The molecule has 0 N–H and O–H groups in total. The average molecular weight is 409 g/mol. The summed E-state index contributed by atoms with van der Waals surface area (Å²) >= 11 is 13.2. The molecule has 1 aliphatic heterocycles. The fourth-order valence-corrected chi connectivity index (χ4v) is 3.88. The maximum Gasteiger partial charge on any atom is 0.266 e. The van der Waals surface area contributed by atoms with Gasteiger partial charge in [0, 0.05) is 11.8 Å². The highest BCUT2D eigenvalue weighted by molar-refractivity contribution is 6.61. The number of rotatable bonds is 3. The van der Waals surface area contributed by atoms with E-state index in [1.807, 2.05) is 6.07 Å². The van der Waals surface area contributed by atoms with Crippen LogP contribution in [0.2, 0.25) is 0 Å². The second-order valence-corrected chi connectivity index (χ2v) is 7.16. The summed E-state index contributed by atoms with van der Waals surface area (Å²) in [7, 11) is 0. The van der Waals surface area contributed by atoms with E-state index in [1.54, 1.807) is 79.0 Å². The summed E-state index contributed by atoms with van der Waals surface area (Å²) in [4.78, 5) is 30.5. The molecule has 0 saturated carbocycles. The lowest BCUT2D eigenvalue weighted by molar-refractivity contribution is -0.129. The number of nitrogens with zero attached hydrogens (tertiary/aromatic N) is 2. The van der Waals surface area contributed by atoms with Crippen LogP contribution in [0.4, 0.5) is 5.82 Å². The second-order valence-electron chi connectivity index (χ2n) is 6.21. The van der Waals surface area contributed by atoms with Gasteiger partial charge < -0.3 is 0 Å². The third-order valence-corrected chi connectivity index (χ3v) is 5.44. The molecule has 28 heavy (non-hydrogen) atoms. The number of aromatic nitrogens is 1. The van der Waals surface area contributed by atoms with Gasteiger partial charge in [0.2, 0.25) is 10.7 Å². The van der Waals surface area contributed by atoms with Crippen molar-refractivity contribution < 1.29 is 9.59 Å². The van der Waals surface area contributed by atoms with Gasteiger partial charge in [-0.05, 0) is 17.7 Å². The Labute approximate surface area is 172 Å². The lowest BCUT2D eigenvalue weighted by atomic mass is 9.87. The third kappa shape index (κ3) is 2.82. The van der Waals surface area contributed by atoms with E-state index < -0.39 is 16.6 Å². The molecule has 0 fully saturated rings. The normalized spacial score (nSPS) is 19.9. The molecule has 6 heteroatoms. The third-order valence-electron chi connectivity index (χ3n) is 4.54. The highest BCUT2D eigenvalue weighted by atomic mass is 35.5. The Balaban J connectivity index is 2.00. The van der Waals surface area contributed by atoms with Crippen molar-refractivity contribution in [3.05, 3.63) is 101 Å². The maximum atomic E-state index is 13.6. The van der Waals surface area contributed by atoms with E-state index in [4.69, 9.17) is 23.2 Å². The summed E-state index contributed by atoms with van der Waals surface area (Å²) in [6.07, 6.45) is 1.56. The molecule has 2 heterocycles. The lowest BCUT2D eigenvalue weighted by Crippen LogP contribution is -2.52. The van der Waals surface area contributed by atoms with Crippen LogP contribution in [-0.4, -0.2) is 16.7 Å². The molecule has 1 aliphatic rings. The molecule has 3 aromatic rings. The monoisotopic (exact) mass is 408 g/mol. The molecule has 0 aliphatic carbocycles. The first kappa shape index (κ1) is 18.4. The quantitative estimate of drug-likeness (QED) is 0.464. The number of ketones is 1. The van der Waals surface area contributed by atoms with Crippen LogP contribution >= 0.6 is 23.2 Å². The molecule has 0 bridgehead atoms. The molecule has 1 atom stereocenters. The van der Waals surface area contributed by atoms with Gasteiger partial charge >= 0.3 is 0 Å². The highest BCUT2D eigenvalue weighted by Gasteiger charge is 2.54. The lowest BCUT2D eigenvalue weighted by Gasteiger charge is -2.37. The van der Waals surface area contributed by atoms with Crippen LogP contribution in [0.3, 0.4) is 0 Å². The van der Waals surface area contributed by atoms with Gasteiger partial charge in [0.05, 0.1) is 5.70 Å². The van der Waals surface area contributed by atoms with Gasteiger partial charge in [-0.3, -0.25) is 14.5 Å². The molecular weight excluding hydrogens is 395 g/mol. The summed E-state index contributed by atoms with van der Waals surface area (Å²) in [5, 5.41) is -0.115. The molecule has 1 aromatic heterocycles. The first-order valence-corrected chi connectivity index (χ1v) is 9.30. The molecule has 1 amide bonds. The predicted octanol–water partition coefficient (Wildman–Crippen LogP) is 4.74. The van der Waals surface area contributed by atoms with Crippen molar-refractivity contribution in [1.82, 2.24) is 4.98 Å². The molecule has 0 radical (unpaired) electrons. The van der Waals surface area contributed by atoms with Crippen molar-refractivity contribution in [1.29, 1.82) is 0 Å². The second kappa shape index (κ2) is 7.23. The predicted molar refractivity (Wildman–Crippen MR) is 110 cm³/mol. The number of alkyl halides is 1. The molecular formula is C22H14Cl2N2O2. The summed E-state index contributed by atoms with van der Waals surface area (Å²) in [5.74, 6) is -0.941. The molecule has 0 spiro atoms. The van der Waals surface area contributed by atoms with E-state index >= 15 is 0 Å². The van der Waals surface area contributed by atoms with Crippen LogP contribution in [0.25, 0.3) is 5.70 Å². The van der Waals surface area contributed by atoms with Crippen molar-refractivity contribution in [3.63, 3.8) is 0 Å². The molecule has 1 unspecified atom stereocenters. The van der Waals surface area contributed by atoms with E-state index in [9.17, 15) is 9.59 Å². The number of allylic oxidation sites excluding steroid dienone is 1. The fourth-order valence-electron chi connectivity index (χ4n) is 3.19. The molecule has 138 valence electrons. The Morgan fingerprint density at radius 3 is 2.04 bits per heavy atom. The number of Topliss-reactive ketones (excluding diaryl/α,β-unsaturated/α-hetero) is 1. The Morgan fingerprint density at radius 2 is 1.43 bits per heavy atom. The van der Waals surface area contributed by atoms with E-state index in [-0.39, 0.29) is 10.7 Å². The fraction of sp³-hybridized carbons (Fsp3) is 0.0455. The Kier molecular flexibility index (Phi) is 4.75. The van der Waals surface area contributed by atoms with E-state index in [0.717, 1.165) is 0 Å². The molecule has 4 rings (SSSR count). The maximum absolute atomic E-state index is 13.6. The highest BCUT2D eigenvalue weighted by Crippen LogP contribution is 2.45. The van der Waals surface area contributed by atoms with Crippen LogP contribution in [0.1, 0.15) is 11.1 Å². The van der Waals surface area contributed by atoms with Gasteiger partial charge in [0.15, 0.2) is 0 Å². The zero-order valence-corrected chi connectivity index (χ0v) is 16.1. The Bertz CT molecular complexity index is 1070. The molecule has 4 nitrogen and oxygen atoms in total. The van der Waals surface area contributed by atoms with E-state index in [0.29, 0.717) is 16.9 Å². The molecule has 2 aromatic carbocycles. The van der Waals surface area contributed by atoms with E-state index in [1.165, 1.54) is 4.90 Å². The smallest absolute Gasteiger partial charge is 0.266 e. The van der Waals surface area contributed by atoms with Gasteiger partial charge in [0.1, 0.15) is 10.9 Å². The zero-order chi connectivity index (χ0) is 19.7. The average Bonchev–Trinajstić information content (AvgIpc) is 2.76. The number of hydrogen-bond acceptors (Lipinski definition) is 3. The zero-order valence-electron chi connectivity index (χ0n) is 14.5. The number of benzene rings is 2. The summed E-state index contributed by atoms with van der Waals surface area (Å²) in [6, 6.07) is 22.6. The number of halogens is 2. The largest absolute Gasteiger partial charge is 0.290 e. The summed E-state index contributed by atoms with van der Waals surface area (Å²) < 4.78 is 0. The number of amides is 1. The first-order chi connectivity index (χ1) is 13.5. The number of pyridine rings is 1. The number of carbonyl (C=O) groups excluding carboxylic acids is 2. The van der Waals surface area contributed by atoms with E-state index in [2.05, 4.69) is 4.98 Å². The Morgan fingerprint density at radius 1 is 0.821 bits per heavy atom. The summed E-state index contributed by atoms with van der Waals surface area (Å²) in [5.41, 5.74) is 1.24. The minimum absolute atomic E-state index is 0.115. The van der Waals surface area contributed by atoms with Crippen molar-refractivity contribution in [2.45, 2.75) is 4.87 Å². The van der Waals surface area contributed by atoms with Crippen LogP contribution in [-0.2, 0) is 14.5 Å². The minimum atomic E-state index is -1.96.